The molecule has 3 aromatic heterocycles. The van der Waals surface area contributed by atoms with Crippen molar-refractivity contribution in [3.8, 4) is 0 Å². The van der Waals surface area contributed by atoms with Crippen molar-refractivity contribution in [1.29, 1.82) is 0 Å². The molecule has 5 nitrogen and oxygen atoms in total. The Hall–Kier alpha value is -2.79. The summed E-state index contributed by atoms with van der Waals surface area (Å²) in [6, 6.07) is 13.0. The van der Waals surface area contributed by atoms with Crippen molar-refractivity contribution >= 4 is 34.0 Å². The molecule has 4 aromatic rings. The number of pyridine rings is 1. The van der Waals surface area contributed by atoms with E-state index in [2.05, 4.69) is 21.1 Å². The Labute approximate surface area is 149 Å². The third kappa shape index (κ3) is 2.98. The summed E-state index contributed by atoms with van der Waals surface area (Å²) in [7, 11) is 2.02. The number of aryl methyl sites for hydroxylation is 1. The summed E-state index contributed by atoms with van der Waals surface area (Å²) >= 11 is 6.08. The molecular weight excluding hydrogens is 336 g/mol. The van der Waals surface area contributed by atoms with Gasteiger partial charge in [-0.15, -0.1) is 0 Å². The predicted octanol–water partition coefficient (Wildman–Crippen LogP) is 3.49. The van der Waals surface area contributed by atoms with Gasteiger partial charge in [-0.1, -0.05) is 23.7 Å². The number of nitrogens with one attached hydrogen (secondary N) is 1. The van der Waals surface area contributed by atoms with Crippen LogP contribution in [0.15, 0.2) is 59.7 Å². The fraction of sp³-hybridized carbons (Fsp3) is 0.158. The molecule has 6 heteroatoms. The fourth-order valence-electron chi connectivity index (χ4n) is 3.11. The molecule has 0 bridgehead atoms. The summed E-state index contributed by atoms with van der Waals surface area (Å²) in [6.07, 6.45) is 4.66. The zero-order valence-electron chi connectivity index (χ0n) is 13.7. The van der Waals surface area contributed by atoms with E-state index in [9.17, 15) is 4.79 Å². The molecule has 126 valence electrons. The number of halogens is 1. The highest BCUT2D eigenvalue weighted by Crippen LogP contribution is 2.24. The molecule has 0 unspecified atom stereocenters. The molecule has 0 saturated heterocycles. The largest absolute Gasteiger partial charge is 0.370 e. The summed E-state index contributed by atoms with van der Waals surface area (Å²) < 4.78 is 3.61. The van der Waals surface area contributed by atoms with Gasteiger partial charge in [0.05, 0.1) is 0 Å². The van der Waals surface area contributed by atoms with Gasteiger partial charge in [-0.25, -0.2) is 4.98 Å². The highest BCUT2D eigenvalue weighted by Gasteiger charge is 2.07. The third-order valence-electron chi connectivity index (χ3n) is 4.31. The van der Waals surface area contributed by atoms with Crippen LogP contribution < -0.4 is 10.9 Å². The van der Waals surface area contributed by atoms with Crippen LogP contribution in [0.1, 0.15) is 5.56 Å². The van der Waals surface area contributed by atoms with Gasteiger partial charge in [0, 0.05) is 48.0 Å². The van der Waals surface area contributed by atoms with Crippen LogP contribution in [0.3, 0.4) is 0 Å². The minimum absolute atomic E-state index is 0.0899. The van der Waals surface area contributed by atoms with Crippen molar-refractivity contribution in [2.24, 2.45) is 7.05 Å². The number of nitrogens with zero attached hydrogens (tertiary/aromatic N) is 3. The normalized spacial score (nSPS) is 11.3. The molecule has 25 heavy (non-hydrogen) atoms. The molecule has 0 atom stereocenters. The lowest BCUT2D eigenvalue weighted by Crippen LogP contribution is -2.16. The molecule has 0 spiro atoms. The Morgan fingerprint density at radius 3 is 2.96 bits per heavy atom. The van der Waals surface area contributed by atoms with Gasteiger partial charge in [-0.2, -0.15) is 0 Å². The summed E-state index contributed by atoms with van der Waals surface area (Å²) in [5, 5.41) is 5.18. The van der Waals surface area contributed by atoms with Crippen LogP contribution in [0.4, 0.5) is 5.82 Å². The Morgan fingerprint density at radius 2 is 2.08 bits per heavy atom. The summed E-state index contributed by atoms with van der Waals surface area (Å²) in [4.78, 5) is 16.6. The van der Waals surface area contributed by atoms with E-state index < -0.39 is 0 Å². The van der Waals surface area contributed by atoms with Crippen molar-refractivity contribution in [3.05, 3.63) is 75.8 Å². The first-order valence-corrected chi connectivity index (χ1v) is 8.45. The summed E-state index contributed by atoms with van der Waals surface area (Å²) in [5.41, 5.74) is 2.90. The standard InChI is InChI=1S/C19H17ClN4O/c1-23-12-13(15-6-5-14(20)10-16(15)23)7-8-21-17-11-19(25)24-9-3-2-4-18(24)22-17/h2-6,9-12,21H,7-8H2,1H3. The van der Waals surface area contributed by atoms with E-state index in [0.717, 1.165) is 17.0 Å². The Kier molecular flexibility index (Phi) is 3.93. The third-order valence-corrected chi connectivity index (χ3v) is 4.54. The van der Waals surface area contributed by atoms with Gasteiger partial charge >= 0.3 is 0 Å². The Morgan fingerprint density at radius 1 is 1.20 bits per heavy atom. The van der Waals surface area contributed by atoms with Gasteiger partial charge in [0.1, 0.15) is 11.5 Å². The van der Waals surface area contributed by atoms with Crippen LogP contribution in [0.5, 0.6) is 0 Å². The lowest BCUT2D eigenvalue weighted by atomic mass is 10.1. The van der Waals surface area contributed by atoms with E-state index in [1.165, 1.54) is 21.4 Å². The first kappa shape index (κ1) is 15.7. The second kappa shape index (κ2) is 6.26. The van der Waals surface area contributed by atoms with Crippen molar-refractivity contribution in [2.75, 3.05) is 11.9 Å². The van der Waals surface area contributed by atoms with E-state index in [4.69, 9.17) is 11.6 Å². The zero-order valence-corrected chi connectivity index (χ0v) is 14.5. The van der Waals surface area contributed by atoms with Gasteiger partial charge in [0.25, 0.3) is 5.56 Å². The lowest BCUT2D eigenvalue weighted by Gasteiger charge is -2.06. The highest BCUT2D eigenvalue weighted by atomic mass is 35.5. The lowest BCUT2D eigenvalue weighted by molar-refractivity contribution is 0.939. The van der Waals surface area contributed by atoms with Crippen LogP contribution in [-0.4, -0.2) is 20.5 Å². The van der Waals surface area contributed by atoms with Crippen molar-refractivity contribution in [1.82, 2.24) is 14.0 Å². The molecule has 0 radical (unpaired) electrons. The van der Waals surface area contributed by atoms with E-state index in [1.54, 1.807) is 6.20 Å². The van der Waals surface area contributed by atoms with Gasteiger partial charge in [-0.3, -0.25) is 9.20 Å². The Balaban J connectivity index is 1.54. The number of fused-ring (bicyclic) bond motifs is 2. The maximum atomic E-state index is 12.1. The van der Waals surface area contributed by atoms with Gasteiger partial charge in [0.15, 0.2) is 0 Å². The van der Waals surface area contributed by atoms with E-state index in [1.807, 2.05) is 43.4 Å². The first-order valence-electron chi connectivity index (χ1n) is 8.07. The van der Waals surface area contributed by atoms with E-state index in [0.29, 0.717) is 18.0 Å². The fourth-order valence-corrected chi connectivity index (χ4v) is 3.28. The van der Waals surface area contributed by atoms with Gasteiger partial charge in [-0.05, 0) is 36.2 Å². The molecule has 3 heterocycles. The molecule has 4 rings (SSSR count). The number of benzene rings is 1. The number of hydrogen-bond acceptors (Lipinski definition) is 3. The number of hydrogen-bond donors (Lipinski definition) is 1. The second-order valence-corrected chi connectivity index (χ2v) is 6.45. The van der Waals surface area contributed by atoms with Crippen molar-refractivity contribution < 1.29 is 0 Å². The minimum atomic E-state index is -0.0899. The number of anilines is 1. The first-order chi connectivity index (χ1) is 12.1. The van der Waals surface area contributed by atoms with Crippen LogP contribution >= 0.6 is 11.6 Å². The van der Waals surface area contributed by atoms with Crippen LogP contribution in [0.25, 0.3) is 16.6 Å². The average molecular weight is 353 g/mol. The average Bonchev–Trinajstić information content (AvgIpc) is 2.90. The molecular formula is C19H17ClN4O. The predicted molar refractivity (Wildman–Crippen MR) is 102 cm³/mol. The van der Waals surface area contributed by atoms with E-state index >= 15 is 0 Å². The molecule has 0 aliphatic carbocycles. The maximum Gasteiger partial charge on any atom is 0.259 e. The monoisotopic (exact) mass is 352 g/mol. The van der Waals surface area contributed by atoms with Gasteiger partial charge < -0.3 is 9.88 Å². The quantitative estimate of drug-likeness (QED) is 0.611. The summed E-state index contributed by atoms with van der Waals surface area (Å²) in [5.74, 6) is 0.597. The van der Waals surface area contributed by atoms with Crippen LogP contribution in [-0.2, 0) is 13.5 Å². The Bertz CT molecular complexity index is 1130. The minimum Gasteiger partial charge on any atom is -0.370 e. The topological polar surface area (TPSA) is 51.3 Å². The SMILES string of the molecule is Cn1cc(CCNc2cc(=O)n3ccccc3n2)c2ccc(Cl)cc21. The van der Waals surface area contributed by atoms with Crippen LogP contribution in [0.2, 0.25) is 5.02 Å². The van der Waals surface area contributed by atoms with Crippen molar-refractivity contribution in [2.45, 2.75) is 6.42 Å². The zero-order chi connectivity index (χ0) is 17.4. The molecule has 1 N–H and O–H groups in total. The van der Waals surface area contributed by atoms with E-state index in [-0.39, 0.29) is 5.56 Å². The summed E-state index contributed by atoms with van der Waals surface area (Å²) in [6.45, 7) is 0.692. The number of rotatable bonds is 4. The number of aromatic nitrogens is 3. The maximum absolute atomic E-state index is 12.1. The molecule has 0 saturated carbocycles. The van der Waals surface area contributed by atoms with Crippen molar-refractivity contribution in [3.63, 3.8) is 0 Å². The highest BCUT2D eigenvalue weighted by molar-refractivity contribution is 6.31. The molecule has 0 fully saturated rings. The van der Waals surface area contributed by atoms with Gasteiger partial charge in [0.2, 0.25) is 0 Å². The second-order valence-electron chi connectivity index (χ2n) is 6.01. The van der Waals surface area contributed by atoms with Crippen LogP contribution in [0, 0.1) is 0 Å². The molecule has 0 amide bonds. The smallest absolute Gasteiger partial charge is 0.259 e. The molecule has 0 aliphatic heterocycles. The molecule has 0 aliphatic rings. The molecule has 1 aromatic carbocycles.